The number of ether oxygens (including phenoxy) is 2. The van der Waals surface area contributed by atoms with Crippen molar-refractivity contribution in [2.24, 2.45) is 5.41 Å². The molecule has 2 aliphatic rings. The van der Waals surface area contributed by atoms with E-state index in [0.29, 0.717) is 24.5 Å². The number of amides is 1. The van der Waals surface area contributed by atoms with Crippen LogP contribution < -0.4 is 4.74 Å². The maximum Gasteiger partial charge on any atom is 0.407 e. The number of rotatable bonds is 3. The SMILES string of the molecule is CC(C)(C)C1CCC(COc2c(Br)ccc3c2COC3=O)=CCN1C(=O)O. The first-order valence-electron chi connectivity index (χ1n) is 8.97. The van der Waals surface area contributed by atoms with Crippen molar-refractivity contribution in [2.75, 3.05) is 13.2 Å². The molecular weight excluding hydrogens is 414 g/mol. The van der Waals surface area contributed by atoms with Gasteiger partial charge in [0.1, 0.15) is 19.0 Å². The lowest BCUT2D eigenvalue weighted by atomic mass is 9.83. The largest absolute Gasteiger partial charge is 0.488 e. The van der Waals surface area contributed by atoms with Crippen LogP contribution in [0.3, 0.4) is 0 Å². The predicted molar refractivity (Wildman–Crippen MR) is 104 cm³/mol. The topological polar surface area (TPSA) is 76.1 Å². The second kappa shape index (κ2) is 7.54. The third-order valence-electron chi connectivity index (χ3n) is 5.12. The average Bonchev–Trinajstić information content (AvgIpc) is 2.81. The van der Waals surface area contributed by atoms with Gasteiger partial charge in [0.15, 0.2) is 0 Å². The van der Waals surface area contributed by atoms with Crippen LogP contribution in [0.5, 0.6) is 5.75 Å². The Morgan fingerprint density at radius 3 is 2.81 bits per heavy atom. The second-order valence-corrected chi connectivity index (χ2v) is 8.84. The summed E-state index contributed by atoms with van der Waals surface area (Å²) >= 11 is 3.48. The fourth-order valence-corrected chi connectivity index (χ4v) is 4.13. The molecule has 1 atom stereocenters. The van der Waals surface area contributed by atoms with Gasteiger partial charge in [-0.15, -0.1) is 0 Å². The average molecular weight is 438 g/mol. The van der Waals surface area contributed by atoms with E-state index in [1.165, 1.54) is 4.90 Å². The van der Waals surface area contributed by atoms with Crippen molar-refractivity contribution in [1.29, 1.82) is 0 Å². The number of carbonyl (C=O) groups excluding carboxylic acids is 1. The Morgan fingerprint density at radius 2 is 2.15 bits per heavy atom. The monoisotopic (exact) mass is 437 g/mol. The van der Waals surface area contributed by atoms with Crippen LogP contribution in [0.15, 0.2) is 28.3 Å². The molecule has 1 amide bonds. The first-order valence-corrected chi connectivity index (χ1v) is 9.76. The van der Waals surface area contributed by atoms with E-state index in [1.54, 1.807) is 12.1 Å². The molecule has 2 heterocycles. The zero-order valence-corrected chi connectivity index (χ0v) is 17.3. The van der Waals surface area contributed by atoms with Gasteiger partial charge >= 0.3 is 12.1 Å². The van der Waals surface area contributed by atoms with Crippen LogP contribution in [0.1, 0.15) is 49.5 Å². The van der Waals surface area contributed by atoms with E-state index in [-0.39, 0.29) is 24.0 Å². The Balaban J connectivity index is 1.75. The van der Waals surface area contributed by atoms with Crippen LogP contribution >= 0.6 is 15.9 Å². The van der Waals surface area contributed by atoms with Crippen molar-refractivity contribution in [3.63, 3.8) is 0 Å². The van der Waals surface area contributed by atoms with E-state index in [1.807, 2.05) is 6.08 Å². The highest BCUT2D eigenvalue weighted by atomic mass is 79.9. The lowest BCUT2D eigenvalue weighted by molar-refractivity contribution is 0.0534. The van der Waals surface area contributed by atoms with E-state index < -0.39 is 6.09 Å². The molecule has 27 heavy (non-hydrogen) atoms. The van der Waals surface area contributed by atoms with Crippen molar-refractivity contribution >= 4 is 28.0 Å². The van der Waals surface area contributed by atoms with Crippen LogP contribution in [-0.4, -0.2) is 41.3 Å². The summed E-state index contributed by atoms with van der Waals surface area (Å²) < 4.78 is 11.9. The van der Waals surface area contributed by atoms with Gasteiger partial charge in [0.05, 0.1) is 10.0 Å². The molecule has 0 saturated carbocycles. The van der Waals surface area contributed by atoms with E-state index in [9.17, 15) is 14.7 Å². The summed E-state index contributed by atoms with van der Waals surface area (Å²) in [6.07, 6.45) is 2.57. The van der Waals surface area contributed by atoms with Crippen LogP contribution in [0.25, 0.3) is 0 Å². The fraction of sp³-hybridized carbons (Fsp3) is 0.500. The normalized spacial score (nSPS) is 19.9. The molecule has 0 fully saturated rings. The Hall–Kier alpha value is -2.02. The Kier molecular flexibility index (Phi) is 5.51. The van der Waals surface area contributed by atoms with Crippen molar-refractivity contribution < 1.29 is 24.2 Å². The molecule has 0 aromatic heterocycles. The first-order chi connectivity index (χ1) is 12.7. The van der Waals surface area contributed by atoms with Gasteiger partial charge in [-0.2, -0.15) is 0 Å². The lowest BCUT2D eigenvalue weighted by Gasteiger charge is -2.37. The summed E-state index contributed by atoms with van der Waals surface area (Å²) in [6, 6.07) is 3.46. The van der Waals surface area contributed by atoms with Crippen molar-refractivity contribution in [2.45, 2.75) is 46.3 Å². The van der Waals surface area contributed by atoms with Crippen molar-refractivity contribution in [1.82, 2.24) is 4.90 Å². The summed E-state index contributed by atoms with van der Waals surface area (Å²) in [5, 5.41) is 9.57. The molecule has 1 aromatic carbocycles. The van der Waals surface area contributed by atoms with Gasteiger partial charge in [-0.05, 0) is 51.9 Å². The molecule has 0 bridgehead atoms. The number of hydrogen-bond donors (Lipinski definition) is 1. The number of nitrogens with zero attached hydrogens (tertiary/aromatic N) is 1. The maximum atomic E-state index is 11.7. The zero-order chi connectivity index (χ0) is 19.8. The van der Waals surface area contributed by atoms with E-state index in [4.69, 9.17) is 9.47 Å². The zero-order valence-electron chi connectivity index (χ0n) is 15.8. The molecule has 7 heteroatoms. The van der Waals surface area contributed by atoms with Crippen LogP contribution in [0.4, 0.5) is 4.79 Å². The number of cyclic esters (lactones) is 1. The molecule has 0 spiro atoms. The van der Waals surface area contributed by atoms with Gasteiger partial charge in [-0.3, -0.25) is 0 Å². The highest BCUT2D eigenvalue weighted by Gasteiger charge is 2.34. The van der Waals surface area contributed by atoms with Gasteiger partial charge in [0.25, 0.3) is 0 Å². The maximum absolute atomic E-state index is 11.7. The van der Waals surface area contributed by atoms with Gasteiger partial charge in [0, 0.05) is 18.2 Å². The summed E-state index contributed by atoms with van der Waals surface area (Å²) in [5.74, 6) is 0.284. The third kappa shape index (κ3) is 4.13. The van der Waals surface area contributed by atoms with E-state index in [2.05, 4.69) is 36.7 Å². The molecule has 2 aliphatic heterocycles. The minimum atomic E-state index is -0.896. The molecule has 1 unspecified atom stereocenters. The second-order valence-electron chi connectivity index (χ2n) is 7.99. The molecule has 146 valence electrons. The van der Waals surface area contributed by atoms with Crippen molar-refractivity contribution in [3.05, 3.63) is 39.4 Å². The number of halogens is 1. The number of esters is 1. The van der Waals surface area contributed by atoms with E-state index >= 15 is 0 Å². The highest BCUT2D eigenvalue weighted by molar-refractivity contribution is 9.10. The Labute approximate surface area is 167 Å². The number of benzene rings is 1. The molecule has 0 saturated heterocycles. The van der Waals surface area contributed by atoms with Gasteiger partial charge in [-0.25, -0.2) is 9.59 Å². The Bertz CT molecular complexity index is 796. The summed E-state index contributed by atoms with van der Waals surface area (Å²) in [7, 11) is 0. The molecule has 3 rings (SSSR count). The van der Waals surface area contributed by atoms with Gasteiger partial charge in [0.2, 0.25) is 0 Å². The molecular formula is C20H24BrNO5. The van der Waals surface area contributed by atoms with Gasteiger partial charge < -0.3 is 19.5 Å². The molecule has 6 nitrogen and oxygen atoms in total. The summed E-state index contributed by atoms with van der Waals surface area (Å²) in [5.41, 5.74) is 2.21. The summed E-state index contributed by atoms with van der Waals surface area (Å²) in [6.45, 7) is 7.11. The number of carboxylic acid groups (broad SMARTS) is 1. The quantitative estimate of drug-likeness (QED) is 0.551. The summed E-state index contributed by atoms with van der Waals surface area (Å²) in [4.78, 5) is 24.9. The number of carbonyl (C=O) groups is 2. The number of fused-ring (bicyclic) bond motifs is 1. The molecule has 0 radical (unpaired) electrons. The van der Waals surface area contributed by atoms with Crippen molar-refractivity contribution in [3.8, 4) is 5.75 Å². The van der Waals surface area contributed by atoms with Crippen LogP contribution in [0, 0.1) is 5.41 Å². The highest BCUT2D eigenvalue weighted by Crippen LogP contribution is 2.37. The number of hydrogen-bond acceptors (Lipinski definition) is 4. The standard InChI is InChI=1S/C20H24BrNO5/c1-20(2,3)16-7-4-12(8-9-22(16)19(24)25)10-26-17-14-11-27-18(23)13(14)5-6-15(17)21/h5-6,8,16H,4,7,9-11H2,1-3H3,(H,24,25). The smallest absolute Gasteiger partial charge is 0.407 e. The first kappa shape index (κ1) is 19.7. The van der Waals surface area contributed by atoms with Gasteiger partial charge in [-0.1, -0.05) is 26.8 Å². The molecule has 1 N–H and O–H groups in total. The minimum absolute atomic E-state index is 0.0533. The van der Waals surface area contributed by atoms with Crippen LogP contribution in [0.2, 0.25) is 0 Å². The lowest BCUT2D eigenvalue weighted by Crippen LogP contribution is -2.46. The third-order valence-corrected chi connectivity index (χ3v) is 5.74. The van der Waals surface area contributed by atoms with E-state index in [0.717, 1.165) is 28.5 Å². The Morgan fingerprint density at radius 1 is 1.41 bits per heavy atom. The predicted octanol–water partition coefficient (Wildman–Crippen LogP) is 4.61. The molecule has 1 aromatic rings. The molecule has 0 aliphatic carbocycles. The fourth-order valence-electron chi connectivity index (χ4n) is 3.65. The van der Waals surface area contributed by atoms with Crippen LogP contribution in [-0.2, 0) is 11.3 Å². The minimum Gasteiger partial charge on any atom is -0.488 e.